The lowest BCUT2D eigenvalue weighted by Crippen LogP contribution is -2.26. The van der Waals surface area contributed by atoms with Gasteiger partial charge in [-0.1, -0.05) is 19.1 Å². The van der Waals surface area contributed by atoms with Crippen molar-refractivity contribution >= 4 is 5.97 Å². The Hall–Kier alpha value is -2.28. The number of aliphatic carboxylic acids is 1. The Labute approximate surface area is 138 Å². The Bertz CT molecular complexity index is 716. The minimum Gasteiger partial charge on any atom is -0.481 e. The van der Waals surface area contributed by atoms with Crippen LogP contribution in [0.5, 0.6) is 0 Å². The van der Waals surface area contributed by atoms with Gasteiger partial charge in [0.1, 0.15) is 5.76 Å². The molecule has 0 spiro atoms. The van der Waals surface area contributed by atoms with Gasteiger partial charge < -0.3 is 9.52 Å². The molecule has 1 aromatic heterocycles. The summed E-state index contributed by atoms with van der Waals surface area (Å²) in [5.74, 6) is -1.59. The van der Waals surface area contributed by atoms with Crippen LogP contribution in [0.3, 0.4) is 0 Å². The molecule has 2 aromatic rings. The van der Waals surface area contributed by atoms with Gasteiger partial charge in [-0.15, -0.1) is 0 Å². The molecule has 5 nitrogen and oxygen atoms in total. The van der Waals surface area contributed by atoms with Gasteiger partial charge in [0.2, 0.25) is 0 Å². The van der Waals surface area contributed by atoms with Gasteiger partial charge in [0.25, 0.3) is 0 Å². The zero-order valence-corrected chi connectivity index (χ0v) is 13.7. The van der Waals surface area contributed by atoms with E-state index in [1.165, 1.54) is 12.1 Å². The summed E-state index contributed by atoms with van der Waals surface area (Å²) in [6, 6.07) is 3.96. The summed E-state index contributed by atoms with van der Waals surface area (Å²) >= 11 is 0. The largest absolute Gasteiger partial charge is 0.481 e. The van der Waals surface area contributed by atoms with E-state index in [1.54, 1.807) is 11.8 Å². The first kappa shape index (κ1) is 18.1. The van der Waals surface area contributed by atoms with E-state index in [0.29, 0.717) is 23.8 Å². The topological polar surface area (TPSA) is 66.6 Å². The first-order valence-corrected chi connectivity index (χ1v) is 7.73. The molecule has 0 saturated heterocycles. The first-order chi connectivity index (χ1) is 11.4. The minimum atomic E-state index is -0.955. The third kappa shape index (κ3) is 4.61. The number of benzene rings is 1. The van der Waals surface area contributed by atoms with Gasteiger partial charge in [0.15, 0.2) is 17.5 Å². The highest BCUT2D eigenvalue weighted by molar-refractivity contribution is 5.66. The van der Waals surface area contributed by atoms with Crippen LogP contribution in [0.4, 0.5) is 8.78 Å². The quantitative estimate of drug-likeness (QED) is 0.800. The molecule has 0 aliphatic rings. The third-order valence-corrected chi connectivity index (χ3v) is 3.67. The second kappa shape index (κ2) is 8.01. The predicted molar refractivity (Wildman–Crippen MR) is 83.3 cm³/mol. The third-order valence-electron chi connectivity index (χ3n) is 3.67. The number of aryl methyl sites for hydroxylation is 2. The Balaban J connectivity index is 2.18. The summed E-state index contributed by atoms with van der Waals surface area (Å²) in [6.45, 7) is 4.27. The van der Waals surface area contributed by atoms with E-state index < -0.39 is 17.6 Å². The lowest BCUT2D eigenvalue weighted by molar-refractivity contribution is -0.137. The van der Waals surface area contributed by atoms with Crippen molar-refractivity contribution < 1.29 is 23.1 Å². The fourth-order valence-electron chi connectivity index (χ4n) is 2.37. The molecule has 7 heteroatoms. The van der Waals surface area contributed by atoms with E-state index in [1.807, 2.05) is 6.92 Å². The molecule has 0 fully saturated rings. The zero-order valence-electron chi connectivity index (χ0n) is 13.7. The second-order valence-electron chi connectivity index (χ2n) is 5.54. The van der Waals surface area contributed by atoms with Crippen molar-refractivity contribution in [3.8, 4) is 0 Å². The van der Waals surface area contributed by atoms with Crippen LogP contribution in [-0.4, -0.2) is 27.5 Å². The second-order valence-corrected chi connectivity index (χ2v) is 5.54. The van der Waals surface area contributed by atoms with Crippen LogP contribution in [0.2, 0.25) is 0 Å². The van der Waals surface area contributed by atoms with Crippen LogP contribution >= 0.6 is 0 Å². The molecule has 24 heavy (non-hydrogen) atoms. The maximum Gasteiger partial charge on any atom is 0.304 e. The van der Waals surface area contributed by atoms with Crippen molar-refractivity contribution in [2.24, 2.45) is 0 Å². The SMILES string of the molecule is CCc1nc(C)c(CN(CCC(=O)O)Cc2cccc(F)c2F)o1. The Morgan fingerprint density at radius 1 is 1.33 bits per heavy atom. The molecule has 0 saturated carbocycles. The number of oxazole rings is 1. The number of hydrogen-bond acceptors (Lipinski definition) is 4. The maximum atomic E-state index is 13.9. The highest BCUT2D eigenvalue weighted by atomic mass is 19.2. The number of rotatable bonds is 8. The Morgan fingerprint density at radius 2 is 2.08 bits per heavy atom. The molecule has 1 N–H and O–H groups in total. The van der Waals surface area contributed by atoms with E-state index in [9.17, 15) is 13.6 Å². The molecule has 0 aliphatic carbocycles. The number of carboxylic acid groups (broad SMARTS) is 1. The molecular weight excluding hydrogens is 318 g/mol. The van der Waals surface area contributed by atoms with Crippen molar-refractivity contribution in [3.63, 3.8) is 0 Å². The molecule has 0 aliphatic heterocycles. The average Bonchev–Trinajstić information content (AvgIpc) is 2.89. The predicted octanol–water partition coefficient (Wildman–Crippen LogP) is 3.30. The standard InChI is InChI=1S/C17H20F2N2O3/c1-3-15-20-11(2)14(24-15)10-21(8-7-16(22)23)9-12-5-4-6-13(18)17(12)19/h4-6H,3,7-10H2,1-2H3,(H,22,23). The fourth-order valence-corrected chi connectivity index (χ4v) is 2.37. The molecule has 0 atom stereocenters. The van der Waals surface area contributed by atoms with Crippen LogP contribution in [-0.2, 0) is 24.3 Å². The molecule has 2 rings (SSSR count). The average molecular weight is 338 g/mol. The first-order valence-electron chi connectivity index (χ1n) is 7.73. The molecule has 1 aromatic carbocycles. The van der Waals surface area contributed by atoms with Crippen LogP contribution < -0.4 is 0 Å². The highest BCUT2D eigenvalue weighted by Crippen LogP contribution is 2.18. The Kier molecular flexibility index (Phi) is 6.03. The van der Waals surface area contributed by atoms with Crippen LogP contribution in [0.15, 0.2) is 22.6 Å². The number of hydrogen-bond donors (Lipinski definition) is 1. The summed E-state index contributed by atoms with van der Waals surface area (Å²) in [5, 5.41) is 8.89. The van der Waals surface area contributed by atoms with Crippen molar-refractivity contribution in [1.82, 2.24) is 9.88 Å². The van der Waals surface area contributed by atoms with Crippen molar-refractivity contribution in [1.29, 1.82) is 0 Å². The van der Waals surface area contributed by atoms with E-state index in [4.69, 9.17) is 9.52 Å². The van der Waals surface area contributed by atoms with E-state index >= 15 is 0 Å². The van der Waals surface area contributed by atoms with Crippen LogP contribution in [0.25, 0.3) is 0 Å². The lowest BCUT2D eigenvalue weighted by Gasteiger charge is -2.21. The number of aromatic nitrogens is 1. The number of carbonyl (C=O) groups is 1. The number of nitrogens with zero attached hydrogens (tertiary/aromatic N) is 2. The molecule has 0 bridgehead atoms. The number of carboxylic acids is 1. The Morgan fingerprint density at radius 3 is 2.71 bits per heavy atom. The smallest absolute Gasteiger partial charge is 0.304 e. The van der Waals surface area contributed by atoms with E-state index in [0.717, 1.165) is 6.07 Å². The van der Waals surface area contributed by atoms with Crippen LogP contribution in [0, 0.1) is 18.6 Å². The normalized spacial score (nSPS) is 11.2. The van der Waals surface area contributed by atoms with Crippen LogP contribution in [0.1, 0.15) is 36.3 Å². The summed E-state index contributed by atoms with van der Waals surface area (Å²) in [6.07, 6.45) is 0.541. The van der Waals surface area contributed by atoms with Crippen molar-refractivity contribution in [2.75, 3.05) is 6.54 Å². The van der Waals surface area contributed by atoms with E-state index in [2.05, 4.69) is 4.98 Å². The van der Waals surface area contributed by atoms with Gasteiger partial charge in [-0.3, -0.25) is 9.69 Å². The molecule has 1 heterocycles. The van der Waals surface area contributed by atoms with Gasteiger partial charge in [-0.05, 0) is 13.0 Å². The number of halogens is 2. The van der Waals surface area contributed by atoms with Gasteiger partial charge >= 0.3 is 5.97 Å². The molecular formula is C17H20F2N2O3. The molecule has 0 radical (unpaired) electrons. The van der Waals surface area contributed by atoms with Gasteiger partial charge in [-0.25, -0.2) is 13.8 Å². The highest BCUT2D eigenvalue weighted by Gasteiger charge is 2.17. The maximum absolute atomic E-state index is 13.9. The summed E-state index contributed by atoms with van der Waals surface area (Å²) in [5.41, 5.74) is 0.889. The van der Waals surface area contributed by atoms with Gasteiger partial charge in [-0.2, -0.15) is 0 Å². The summed E-state index contributed by atoms with van der Waals surface area (Å²) < 4.78 is 32.9. The van der Waals surface area contributed by atoms with E-state index in [-0.39, 0.29) is 31.6 Å². The van der Waals surface area contributed by atoms with Gasteiger partial charge in [0, 0.05) is 25.1 Å². The minimum absolute atomic E-state index is 0.0818. The molecule has 130 valence electrons. The monoisotopic (exact) mass is 338 g/mol. The summed E-state index contributed by atoms with van der Waals surface area (Å²) in [4.78, 5) is 16.8. The zero-order chi connectivity index (χ0) is 17.7. The molecule has 0 amide bonds. The van der Waals surface area contributed by atoms with Crippen molar-refractivity contribution in [2.45, 2.75) is 39.8 Å². The van der Waals surface area contributed by atoms with Crippen molar-refractivity contribution in [3.05, 3.63) is 52.7 Å². The molecule has 0 unspecified atom stereocenters. The summed E-state index contributed by atoms with van der Waals surface area (Å²) in [7, 11) is 0. The lowest BCUT2D eigenvalue weighted by atomic mass is 10.1. The van der Waals surface area contributed by atoms with Gasteiger partial charge in [0.05, 0.1) is 18.7 Å². The fraction of sp³-hybridized carbons (Fsp3) is 0.412.